The van der Waals surface area contributed by atoms with E-state index in [1.54, 1.807) is 27.7 Å². The average Bonchev–Trinajstić information content (AvgIpc) is 1.99. The summed E-state index contributed by atoms with van der Waals surface area (Å²) >= 11 is 0. The van der Waals surface area contributed by atoms with Crippen molar-refractivity contribution < 1.29 is 14.3 Å². The quantitative estimate of drug-likeness (QED) is 0.655. The molecule has 0 saturated heterocycles. The van der Waals surface area contributed by atoms with Crippen molar-refractivity contribution >= 4 is 17.6 Å². The molecule has 5 nitrogen and oxygen atoms in total. The maximum absolute atomic E-state index is 11.6. The number of carbonyl (C=O) groups excluding carboxylic acids is 2. The Bertz CT molecular complexity index is 315. The highest BCUT2D eigenvalue weighted by atomic mass is 16.6. The molecule has 0 fully saturated rings. The molecule has 0 aromatic rings. The summed E-state index contributed by atoms with van der Waals surface area (Å²) in [5.41, 5.74) is 2.02. The van der Waals surface area contributed by atoms with E-state index in [0.29, 0.717) is 0 Å². The molecule has 0 spiro atoms. The topological polar surface area (TPSA) is 67.8 Å². The maximum atomic E-state index is 11.6. The normalized spacial score (nSPS) is 21.7. The second-order valence-electron chi connectivity index (χ2n) is 4.64. The minimum atomic E-state index is -0.541. The molecule has 0 aromatic carbocycles. The second-order valence-corrected chi connectivity index (χ2v) is 4.64. The fourth-order valence-electron chi connectivity index (χ4n) is 1.23. The Morgan fingerprint density at radius 1 is 1.53 bits per heavy atom. The molecule has 1 aliphatic heterocycles. The summed E-state index contributed by atoms with van der Waals surface area (Å²) in [5, 5.41) is 3.72. The molecule has 1 atom stereocenters. The highest BCUT2D eigenvalue weighted by molar-refractivity contribution is 6.38. The number of carbonyl (C=O) groups is 2. The van der Waals surface area contributed by atoms with Crippen LogP contribution in [0.3, 0.4) is 0 Å². The van der Waals surface area contributed by atoms with Crippen LogP contribution in [0.15, 0.2) is 5.10 Å². The van der Waals surface area contributed by atoms with Crippen molar-refractivity contribution in [3.63, 3.8) is 0 Å². The van der Waals surface area contributed by atoms with E-state index in [9.17, 15) is 9.59 Å². The summed E-state index contributed by atoms with van der Waals surface area (Å²) in [6, 6.07) is 0. The number of hydrogen-bond donors (Lipinski definition) is 1. The molecular formula is C10H16N2O3. The summed E-state index contributed by atoms with van der Waals surface area (Å²) in [6.45, 7) is 7.15. The molecule has 1 aliphatic rings. The average molecular weight is 212 g/mol. The van der Waals surface area contributed by atoms with Crippen LogP contribution < -0.4 is 5.43 Å². The SMILES string of the molecule is CC1CC(=O)NN=C1C(=O)OC(C)(C)C. The molecule has 5 heteroatoms. The van der Waals surface area contributed by atoms with Gasteiger partial charge in [-0.05, 0) is 20.8 Å². The van der Waals surface area contributed by atoms with Gasteiger partial charge in [0.05, 0.1) is 0 Å². The van der Waals surface area contributed by atoms with Gasteiger partial charge < -0.3 is 4.74 Å². The molecule has 1 N–H and O–H groups in total. The first kappa shape index (κ1) is 11.7. The second kappa shape index (κ2) is 4.00. The zero-order valence-electron chi connectivity index (χ0n) is 9.46. The Labute approximate surface area is 88.9 Å². The van der Waals surface area contributed by atoms with Crippen molar-refractivity contribution in [2.75, 3.05) is 0 Å². The van der Waals surface area contributed by atoms with Gasteiger partial charge in [-0.25, -0.2) is 10.2 Å². The number of amides is 1. The van der Waals surface area contributed by atoms with Crippen LogP contribution in [0.2, 0.25) is 0 Å². The number of rotatable bonds is 1. The first-order valence-electron chi connectivity index (χ1n) is 4.89. The number of hydrazone groups is 1. The van der Waals surface area contributed by atoms with E-state index in [-0.39, 0.29) is 24.0 Å². The number of hydrogen-bond acceptors (Lipinski definition) is 4. The maximum Gasteiger partial charge on any atom is 0.355 e. The molecule has 0 bridgehead atoms. The van der Waals surface area contributed by atoms with Gasteiger partial charge in [0.2, 0.25) is 5.91 Å². The summed E-state index contributed by atoms with van der Waals surface area (Å²) in [5.74, 6) is -0.821. The van der Waals surface area contributed by atoms with Crippen molar-refractivity contribution in [3.8, 4) is 0 Å². The van der Waals surface area contributed by atoms with Crippen LogP contribution in [0.5, 0.6) is 0 Å². The van der Waals surface area contributed by atoms with Crippen LogP contribution in [0.25, 0.3) is 0 Å². The molecular weight excluding hydrogens is 196 g/mol. The van der Waals surface area contributed by atoms with E-state index in [2.05, 4.69) is 10.5 Å². The fourth-order valence-corrected chi connectivity index (χ4v) is 1.23. The molecule has 1 rings (SSSR count). The highest BCUT2D eigenvalue weighted by Crippen LogP contribution is 2.14. The molecule has 1 amide bonds. The van der Waals surface area contributed by atoms with Crippen LogP contribution in [0, 0.1) is 5.92 Å². The summed E-state index contributed by atoms with van der Waals surface area (Å²) in [6.07, 6.45) is 0.276. The molecule has 0 aromatic heterocycles. The third-order valence-corrected chi connectivity index (χ3v) is 1.87. The fraction of sp³-hybridized carbons (Fsp3) is 0.700. The van der Waals surface area contributed by atoms with Gasteiger partial charge in [-0.1, -0.05) is 6.92 Å². The molecule has 84 valence electrons. The van der Waals surface area contributed by atoms with E-state index in [1.807, 2.05) is 0 Å². The summed E-state index contributed by atoms with van der Waals surface area (Å²) < 4.78 is 5.16. The van der Waals surface area contributed by atoms with Crippen molar-refractivity contribution in [2.24, 2.45) is 11.0 Å². The van der Waals surface area contributed by atoms with Crippen molar-refractivity contribution in [2.45, 2.75) is 39.7 Å². The van der Waals surface area contributed by atoms with Crippen molar-refractivity contribution in [1.29, 1.82) is 0 Å². The lowest BCUT2D eigenvalue weighted by molar-refractivity contribution is -0.146. The minimum Gasteiger partial charge on any atom is -0.455 e. The van der Waals surface area contributed by atoms with Gasteiger partial charge in [0.25, 0.3) is 0 Å². The Kier molecular flexibility index (Phi) is 3.12. The lowest BCUT2D eigenvalue weighted by Crippen LogP contribution is -2.39. The van der Waals surface area contributed by atoms with Gasteiger partial charge in [0.15, 0.2) is 0 Å². The van der Waals surface area contributed by atoms with Crippen LogP contribution in [-0.2, 0) is 14.3 Å². The number of esters is 1. The Morgan fingerprint density at radius 3 is 2.60 bits per heavy atom. The zero-order valence-corrected chi connectivity index (χ0v) is 9.46. The molecule has 1 heterocycles. The van der Waals surface area contributed by atoms with Gasteiger partial charge >= 0.3 is 5.97 Å². The number of ether oxygens (including phenoxy) is 1. The third-order valence-electron chi connectivity index (χ3n) is 1.87. The van der Waals surface area contributed by atoms with E-state index in [0.717, 1.165) is 0 Å². The number of nitrogens with zero attached hydrogens (tertiary/aromatic N) is 1. The summed E-state index contributed by atoms with van der Waals surface area (Å²) in [4.78, 5) is 22.6. The monoisotopic (exact) mass is 212 g/mol. The van der Waals surface area contributed by atoms with E-state index >= 15 is 0 Å². The molecule has 0 radical (unpaired) electrons. The van der Waals surface area contributed by atoms with Gasteiger partial charge in [-0.15, -0.1) is 0 Å². The van der Waals surface area contributed by atoms with E-state index < -0.39 is 11.6 Å². The zero-order chi connectivity index (χ0) is 11.6. The minimum absolute atomic E-state index is 0.171. The molecule has 0 aliphatic carbocycles. The lowest BCUT2D eigenvalue weighted by Gasteiger charge is -2.23. The molecule has 15 heavy (non-hydrogen) atoms. The first-order chi connectivity index (χ1) is 6.79. The van der Waals surface area contributed by atoms with E-state index in [1.165, 1.54) is 0 Å². The Balaban J connectivity index is 2.72. The van der Waals surface area contributed by atoms with Crippen molar-refractivity contribution in [3.05, 3.63) is 0 Å². The molecule has 1 unspecified atom stereocenters. The lowest BCUT2D eigenvalue weighted by atomic mass is 10.00. The van der Waals surface area contributed by atoms with Crippen molar-refractivity contribution in [1.82, 2.24) is 5.43 Å². The van der Waals surface area contributed by atoms with Gasteiger partial charge in [-0.2, -0.15) is 5.10 Å². The Hall–Kier alpha value is -1.39. The molecule has 0 saturated carbocycles. The predicted molar refractivity (Wildman–Crippen MR) is 55.2 cm³/mol. The smallest absolute Gasteiger partial charge is 0.355 e. The number of nitrogens with one attached hydrogen (secondary N) is 1. The Morgan fingerprint density at radius 2 is 2.13 bits per heavy atom. The van der Waals surface area contributed by atoms with Gasteiger partial charge in [0.1, 0.15) is 11.3 Å². The predicted octanol–water partition coefficient (Wildman–Crippen LogP) is 0.840. The largest absolute Gasteiger partial charge is 0.455 e. The van der Waals surface area contributed by atoms with Crippen LogP contribution in [-0.4, -0.2) is 23.2 Å². The highest BCUT2D eigenvalue weighted by Gasteiger charge is 2.29. The van der Waals surface area contributed by atoms with Gasteiger partial charge in [-0.3, -0.25) is 4.79 Å². The summed E-state index contributed by atoms with van der Waals surface area (Å²) in [7, 11) is 0. The van der Waals surface area contributed by atoms with Crippen LogP contribution in [0.1, 0.15) is 34.1 Å². The standard InChI is InChI=1S/C10H16N2O3/c1-6-5-7(13)11-12-8(6)9(14)15-10(2,3)4/h6H,5H2,1-4H3,(H,11,13). The first-order valence-corrected chi connectivity index (χ1v) is 4.89. The van der Waals surface area contributed by atoms with E-state index in [4.69, 9.17) is 4.74 Å². The van der Waals surface area contributed by atoms with Gasteiger partial charge in [0, 0.05) is 12.3 Å². The third kappa shape index (κ3) is 3.34. The van der Waals surface area contributed by atoms with Crippen LogP contribution >= 0.6 is 0 Å². The van der Waals surface area contributed by atoms with Crippen LogP contribution in [0.4, 0.5) is 0 Å².